The van der Waals surface area contributed by atoms with Gasteiger partial charge >= 0.3 is 0 Å². The first kappa shape index (κ1) is 17.2. The zero-order valence-electron chi connectivity index (χ0n) is 14.4. The van der Waals surface area contributed by atoms with Crippen molar-refractivity contribution in [2.24, 2.45) is 0 Å². The van der Waals surface area contributed by atoms with Crippen LogP contribution in [0.25, 0.3) is 5.69 Å². The number of anilines is 1. The third-order valence-electron chi connectivity index (χ3n) is 3.86. The average Bonchev–Trinajstić information content (AvgIpc) is 2.98. The van der Waals surface area contributed by atoms with Gasteiger partial charge in [0.2, 0.25) is 5.91 Å². The SMILES string of the molecule is Cc1ccccc1NC(=O)[C@@H](C)Sc1nnc(C)n1-c1ccccc1. The van der Waals surface area contributed by atoms with Crippen molar-refractivity contribution in [3.63, 3.8) is 0 Å². The van der Waals surface area contributed by atoms with Crippen molar-refractivity contribution in [3.05, 3.63) is 66.0 Å². The molecule has 1 aromatic heterocycles. The Kier molecular flexibility index (Phi) is 5.19. The fourth-order valence-electron chi connectivity index (χ4n) is 2.45. The number of benzene rings is 2. The summed E-state index contributed by atoms with van der Waals surface area (Å²) in [7, 11) is 0. The first-order chi connectivity index (χ1) is 12.1. The van der Waals surface area contributed by atoms with Crippen LogP contribution >= 0.6 is 11.8 Å². The molecule has 6 heteroatoms. The van der Waals surface area contributed by atoms with Crippen molar-refractivity contribution < 1.29 is 4.79 Å². The van der Waals surface area contributed by atoms with Crippen LogP contribution < -0.4 is 5.32 Å². The van der Waals surface area contributed by atoms with Crippen LogP contribution in [0.4, 0.5) is 5.69 Å². The van der Waals surface area contributed by atoms with Gasteiger partial charge in [-0.05, 0) is 44.5 Å². The topological polar surface area (TPSA) is 59.8 Å². The van der Waals surface area contributed by atoms with Crippen LogP contribution in [0.2, 0.25) is 0 Å². The number of thioether (sulfide) groups is 1. The molecule has 3 aromatic rings. The number of carbonyl (C=O) groups excluding carboxylic acids is 1. The third kappa shape index (κ3) is 3.91. The summed E-state index contributed by atoms with van der Waals surface area (Å²) in [5.41, 5.74) is 2.86. The lowest BCUT2D eigenvalue weighted by molar-refractivity contribution is -0.115. The molecule has 25 heavy (non-hydrogen) atoms. The van der Waals surface area contributed by atoms with E-state index in [1.54, 1.807) is 0 Å². The van der Waals surface area contributed by atoms with E-state index in [0.717, 1.165) is 22.8 Å². The molecule has 1 N–H and O–H groups in total. The number of nitrogens with one attached hydrogen (secondary N) is 1. The Labute approximate surface area is 151 Å². The van der Waals surface area contributed by atoms with Crippen molar-refractivity contribution in [3.8, 4) is 5.69 Å². The Morgan fingerprint density at radius 1 is 1.04 bits per heavy atom. The number of carbonyl (C=O) groups is 1. The quantitative estimate of drug-likeness (QED) is 0.705. The summed E-state index contributed by atoms with van der Waals surface area (Å²) in [5, 5.41) is 11.8. The fraction of sp³-hybridized carbons (Fsp3) is 0.211. The number of aryl methyl sites for hydroxylation is 2. The van der Waals surface area contributed by atoms with Gasteiger partial charge in [-0.25, -0.2) is 0 Å². The standard InChI is InChI=1S/C19H20N4OS/c1-13-9-7-8-12-17(13)20-18(24)14(2)25-19-22-21-15(3)23(19)16-10-5-4-6-11-16/h4-12,14H,1-3H3,(H,20,24)/t14-/m1/s1. The van der Waals surface area contributed by atoms with Gasteiger partial charge in [-0.3, -0.25) is 9.36 Å². The number of hydrogen-bond acceptors (Lipinski definition) is 4. The minimum absolute atomic E-state index is 0.0560. The molecule has 5 nitrogen and oxygen atoms in total. The zero-order chi connectivity index (χ0) is 17.8. The maximum atomic E-state index is 12.5. The number of para-hydroxylation sites is 2. The van der Waals surface area contributed by atoms with Gasteiger partial charge in [0, 0.05) is 11.4 Å². The van der Waals surface area contributed by atoms with E-state index in [1.807, 2.05) is 79.9 Å². The lowest BCUT2D eigenvalue weighted by Crippen LogP contribution is -2.23. The molecule has 0 fully saturated rings. The van der Waals surface area contributed by atoms with Crippen molar-refractivity contribution in [2.75, 3.05) is 5.32 Å². The van der Waals surface area contributed by atoms with Crippen LogP contribution in [-0.4, -0.2) is 25.9 Å². The smallest absolute Gasteiger partial charge is 0.237 e. The maximum absolute atomic E-state index is 12.5. The highest BCUT2D eigenvalue weighted by atomic mass is 32.2. The van der Waals surface area contributed by atoms with Crippen molar-refractivity contribution in [1.29, 1.82) is 0 Å². The van der Waals surface area contributed by atoms with Gasteiger partial charge in [0.25, 0.3) is 0 Å². The number of hydrogen-bond donors (Lipinski definition) is 1. The van der Waals surface area contributed by atoms with Crippen molar-refractivity contribution in [1.82, 2.24) is 14.8 Å². The molecule has 128 valence electrons. The van der Waals surface area contributed by atoms with Crippen LogP contribution in [-0.2, 0) is 4.79 Å². The third-order valence-corrected chi connectivity index (χ3v) is 4.91. The van der Waals surface area contributed by atoms with Gasteiger partial charge in [0.1, 0.15) is 5.82 Å². The van der Waals surface area contributed by atoms with Gasteiger partial charge in [0.15, 0.2) is 5.16 Å². The van der Waals surface area contributed by atoms with Crippen LogP contribution in [0.1, 0.15) is 18.3 Å². The summed E-state index contributed by atoms with van der Waals surface area (Å²) in [6, 6.07) is 17.6. The molecule has 0 saturated heterocycles. The minimum Gasteiger partial charge on any atom is -0.325 e. The largest absolute Gasteiger partial charge is 0.325 e. The summed E-state index contributed by atoms with van der Waals surface area (Å²) < 4.78 is 1.96. The van der Waals surface area contributed by atoms with Crippen LogP contribution in [0, 0.1) is 13.8 Å². The molecule has 0 radical (unpaired) electrons. The highest BCUT2D eigenvalue weighted by Crippen LogP contribution is 2.26. The highest BCUT2D eigenvalue weighted by Gasteiger charge is 2.20. The Balaban J connectivity index is 1.77. The molecule has 0 spiro atoms. The lowest BCUT2D eigenvalue weighted by Gasteiger charge is -2.14. The number of aromatic nitrogens is 3. The van der Waals surface area contributed by atoms with E-state index in [9.17, 15) is 4.79 Å². The zero-order valence-corrected chi connectivity index (χ0v) is 15.2. The average molecular weight is 352 g/mol. The fourth-order valence-corrected chi connectivity index (χ4v) is 3.37. The van der Waals surface area contributed by atoms with E-state index in [4.69, 9.17) is 0 Å². The number of nitrogens with zero attached hydrogens (tertiary/aromatic N) is 3. The van der Waals surface area contributed by atoms with E-state index < -0.39 is 0 Å². The van der Waals surface area contributed by atoms with Gasteiger partial charge in [-0.1, -0.05) is 48.2 Å². The second kappa shape index (κ2) is 7.53. The molecule has 0 unspecified atom stereocenters. The van der Waals surface area contributed by atoms with Crippen LogP contribution in [0.3, 0.4) is 0 Å². The molecule has 1 atom stereocenters. The predicted octanol–water partition coefficient (Wildman–Crippen LogP) is 4.00. The van der Waals surface area contributed by atoms with E-state index in [1.165, 1.54) is 11.8 Å². The molecule has 0 aliphatic heterocycles. The molecule has 3 rings (SSSR count). The predicted molar refractivity (Wildman–Crippen MR) is 101 cm³/mol. The molecule has 0 aliphatic rings. The second-order valence-electron chi connectivity index (χ2n) is 5.76. The molecule has 0 saturated carbocycles. The van der Waals surface area contributed by atoms with E-state index in [-0.39, 0.29) is 11.2 Å². The Hall–Kier alpha value is -2.60. The molecular weight excluding hydrogens is 332 g/mol. The Morgan fingerprint density at radius 2 is 1.72 bits per heavy atom. The molecule has 2 aromatic carbocycles. The lowest BCUT2D eigenvalue weighted by atomic mass is 10.2. The summed E-state index contributed by atoms with van der Waals surface area (Å²) in [6.45, 7) is 5.75. The number of amides is 1. The van der Waals surface area contributed by atoms with Gasteiger partial charge in [0.05, 0.1) is 5.25 Å². The molecular formula is C19H20N4OS. The van der Waals surface area contributed by atoms with E-state index in [2.05, 4.69) is 15.5 Å². The summed E-state index contributed by atoms with van der Waals surface area (Å²) in [4.78, 5) is 12.5. The molecule has 0 bridgehead atoms. The Bertz CT molecular complexity index is 876. The minimum atomic E-state index is -0.300. The molecule has 1 amide bonds. The first-order valence-electron chi connectivity index (χ1n) is 8.07. The summed E-state index contributed by atoms with van der Waals surface area (Å²) in [6.07, 6.45) is 0. The Morgan fingerprint density at radius 3 is 2.44 bits per heavy atom. The van der Waals surface area contributed by atoms with Crippen LogP contribution in [0.15, 0.2) is 59.8 Å². The van der Waals surface area contributed by atoms with Gasteiger partial charge in [-0.15, -0.1) is 10.2 Å². The normalized spacial score (nSPS) is 12.0. The van der Waals surface area contributed by atoms with E-state index >= 15 is 0 Å². The van der Waals surface area contributed by atoms with Gasteiger partial charge in [-0.2, -0.15) is 0 Å². The summed E-state index contributed by atoms with van der Waals surface area (Å²) in [5.74, 6) is 0.736. The van der Waals surface area contributed by atoms with E-state index in [0.29, 0.717) is 5.16 Å². The van der Waals surface area contributed by atoms with Crippen LogP contribution in [0.5, 0.6) is 0 Å². The first-order valence-corrected chi connectivity index (χ1v) is 8.95. The van der Waals surface area contributed by atoms with Gasteiger partial charge < -0.3 is 5.32 Å². The summed E-state index contributed by atoms with van der Waals surface area (Å²) >= 11 is 1.40. The monoisotopic (exact) mass is 352 g/mol. The number of rotatable bonds is 5. The second-order valence-corrected chi connectivity index (χ2v) is 7.07. The molecule has 1 heterocycles. The molecule has 0 aliphatic carbocycles. The van der Waals surface area contributed by atoms with Crippen molar-refractivity contribution in [2.45, 2.75) is 31.2 Å². The highest BCUT2D eigenvalue weighted by molar-refractivity contribution is 8.00. The maximum Gasteiger partial charge on any atom is 0.237 e. The van der Waals surface area contributed by atoms with Crippen molar-refractivity contribution >= 4 is 23.4 Å².